The van der Waals surface area contributed by atoms with Crippen molar-refractivity contribution < 1.29 is 49.1 Å². The second kappa shape index (κ2) is 4.84. The summed E-state index contributed by atoms with van der Waals surface area (Å²) in [5.74, 6) is -16.0. The van der Waals surface area contributed by atoms with Crippen LogP contribution >= 0.6 is 0 Å². The van der Waals surface area contributed by atoms with E-state index in [4.69, 9.17) is 20.4 Å². The first-order valence-electron chi connectivity index (χ1n) is 4.66. The molecule has 0 aromatic heterocycles. The van der Waals surface area contributed by atoms with Crippen LogP contribution in [-0.2, 0) is 28.7 Å². The van der Waals surface area contributed by atoms with E-state index in [-0.39, 0.29) is 0 Å². The van der Waals surface area contributed by atoms with Crippen LogP contribution in [0.15, 0.2) is 12.5 Å². The molecule has 10 nitrogen and oxygen atoms in total. The van der Waals surface area contributed by atoms with Crippen LogP contribution in [0, 0.1) is 11.8 Å². The van der Waals surface area contributed by atoms with Crippen molar-refractivity contribution in [3.05, 3.63) is 12.5 Å². The van der Waals surface area contributed by atoms with Crippen LogP contribution in [0.25, 0.3) is 0 Å². The van der Waals surface area contributed by atoms with E-state index in [1.54, 1.807) is 0 Å². The number of hydrogen-bond acceptors (Lipinski definition) is 6. The minimum atomic E-state index is -2.89. The molecule has 0 radical (unpaired) electrons. The fourth-order valence-electron chi connectivity index (χ4n) is 1.63. The second-order valence-electron chi connectivity index (χ2n) is 3.45. The van der Waals surface area contributed by atoms with Gasteiger partial charge >= 0.3 is 23.9 Å². The Kier molecular flexibility index (Phi) is 3.64. The highest BCUT2D eigenvalue weighted by molar-refractivity contribution is 6.00. The summed E-state index contributed by atoms with van der Waals surface area (Å²) in [4.78, 5) is 43.7. The normalized spacial score (nSPS) is 15.9. The Morgan fingerprint density at radius 2 is 1.00 bits per heavy atom. The third-order valence-corrected chi connectivity index (χ3v) is 2.35. The number of carbonyl (C=O) groups is 4. The molecule has 0 aromatic carbocycles. The highest BCUT2D eigenvalue weighted by atomic mass is 16.7. The molecule has 0 amide bonds. The maximum Gasteiger partial charge on any atom is 0.326 e. The van der Waals surface area contributed by atoms with Crippen LogP contribution in [0.5, 0.6) is 0 Å². The van der Waals surface area contributed by atoms with E-state index in [9.17, 15) is 19.2 Å². The summed E-state index contributed by atoms with van der Waals surface area (Å²) in [6.45, 7) is 0. The quantitative estimate of drug-likeness (QED) is 0.431. The zero-order valence-electron chi connectivity index (χ0n) is 9.05. The molecular weight excluding hydrogens is 268 g/mol. The standard InChI is InChI=1S/C9H8O10/c10-5(11)3(6(12)13)9(18-1-2-19-9)4(7(14)15)8(16)17/h1-4H,(H,10,11)(H,12,13)(H,14,15)(H,16,17). The predicted molar refractivity (Wildman–Crippen MR) is 51.6 cm³/mol. The van der Waals surface area contributed by atoms with E-state index in [1.165, 1.54) is 0 Å². The minimum absolute atomic E-state index is 0.678. The number of aliphatic carboxylic acids is 4. The first-order chi connectivity index (χ1) is 8.74. The van der Waals surface area contributed by atoms with Gasteiger partial charge in [0.2, 0.25) is 11.8 Å². The zero-order valence-corrected chi connectivity index (χ0v) is 9.05. The molecule has 0 unspecified atom stereocenters. The minimum Gasteiger partial charge on any atom is -0.480 e. The van der Waals surface area contributed by atoms with Gasteiger partial charge in [-0.25, -0.2) is 0 Å². The largest absolute Gasteiger partial charge is 0.480 e. The predicted octanol–water partition coefficient (Wildman–Crippen LogP) is -1.23. The lowest BCUT2D eigenvalue weighted by atomic mass is 9.86. The van der Waals surface area contributed by atoms with Crippen molar-refractivity contribution >= 4 is 23.9 Å². The Labute approximate surface area is 104 Å². The summed E-state index contributed by atoms with van der Waals surface area (Å²) in [7, 11) is 0. The van der Waals surface area contributed by atoms with E-state index in [0.717, 1.165) is 0 Å². The number of carboxylic acids is 4. The van der Waals surface area contributed by atoms with Gasteiger partial charge in [-0.3, -0.25) is 19.2 Å². The molecule has 10 heteroatoms. The molecule has 1 aliphatic rings. The molecule has 0 aromatic rings. The average molecular weight is 276 g/mol. The summed E-state index contributed by atoms with van der Waals surface area (Å²) in [6, 6.07) is 0. The van der Waals surface area contributed by atoms with Crippen LogP contribution in [0.3, 0.4) is 0 Å². The molecule has 0 saturated heterocycles. The van der Waals surface area contributed by atoms with Crippen LogP contribution in [0.1, 0.15) is 0 Å². The summed E-state index contributed by atoms with van der Waals surface area (Å²) >= 11 is 0. The monoisotopic (exact) mass is 276 g/mol. The van der Waals surface area contributed by atoms with Crippen LogP contribution in [0.4, 0.5) is 0 Å². The molecule has 0 spiro atoms. The maximum absolute atomic E-state index is 10.9. The molecule has 0 bridgehead atoms. The topological polar surface area (TPSA) is 168 Å². The van der Waals surface area contributed by atoms with Crippen molar-refractivity contribution in [3.63, 3.8) is 0 Å². The smallest absolute Gasteiger partial charge is 0.326 e. The molecule has 0 atom stereocenters. The number of ether oxygens (including phenoxy) is 2. The average Bonchev–Trinajstić information content (AvgIpc) is 2.64. The molecule has 19 heavy (non-hydrogen) atoms. The van der Waals surface area contributed by atoms with Gasteiger partial charge in [-0.05, 0) is 0 Å². The molecule has 1 aliphatic heterocycles. The second-order valence-corrected chi connectivity index (χ2v) is 3.45. The van der Waals surface area contributed by atoms with Gasteiger partial charge in [-0.2, -0.15) is 0 Å². The van der Waals surface area contributed by atoms with Crippen molar-refractivity contribution in [1.82, 2.24) is 0 Å². The first-order valence-corrected chi connectivity index (χ1v) is 4.66. The molecular formula is C9H8O10. The molecule has 0 aliphatic carbocycles. The number of hydrogen-bond donors (Lipinski definition) is 4. The Hall–Kier alpha value is -2.78. The van der Waals surface area contributed by atoms with E-state index in [2.05, 4.69) is 9.47 Å². The summed E-state index contributed by atoms with van der Waals surface area (Å²) in [6.07, 6.45) is 1.36. The van der Waals surface area contributed by atoms with Crippen molar-refractivity contribution in [2.45, 2.75) is 5.79 Å². The van der Waals surface area contributed by atoms with Gasteiger partial charge < -0.3 is 29.9 Å². The van der Waals surface area contributed by atoms with Gasteiger partial charge in [0.15, 0.2) is 0 Å². The Bertz CT molecular complexity index is 394. The van der Waals surface area contributed by atoms with Gasteiger partial charge in [-0.1, -0.05) is 0 Å². The lowest BCUT2D eigenvalue weighted by molar-refractivity contribution is -0.232. The van der Waals surface area contributed by atoms with Crippen molar-refractivity contribution in [2.75, 3.05) is 0 Å². The molecule has 1 rings (SSSR count). The lowest BCUT2D eigenvalue weighted by Crippen LogP contribution is -2.57. The van der Waals surface area contributed by atoms with Crippen LogP contribution < -0.4 is 0 Å². The van der Waals surface area contributed by atoms with Crippen LogP contribution in [-0.4, -0.2) is 50.1 Å². The highest BCUT2D eigenvalue weighted by Crippen LogP contribution is 2.37. The first kappa shape index (κ1) is 14.3. The van der Waals surface area contributed by atoms with Crippen LogP contribution in [0.2, 0.25) is 0 Å². The molecule has 4 N–H and O–H groups in total. The molecule has 1 heterocycles. The fraction of sp³-hybridized carbons (Fsp3) is 0.333. The number of carboxylic acid groups (broad SMARTS) is 4. The van der Waals surface area contributed by atoms with Gasteiger partial charge in [0.05, 0.1) is 0 Å². The van der Waals surface area contributed by atoms with Crippen molar-refractivity contribution in [1.29, 1.82) is 0 Å². The van der Waals surface area contributed by atoms with Gasteiger partial charge in [0.25, 0.3) is 5.79 Å². The fourth-order valence-corrected chi connectivity index (χ4v) is 1.63. The van der Waals surface area contributed by atoms with E-state index >= 15 is 0 Å². The summed E-state index contributed by atoms with van der Waals surface area (Å²) < 4.78 is 9.17. The SMILES string of the molecule is O=C(O)C(C(=O)O)C1(C(C(=O)O)C(=O)O)OC=CO1. The van der Waals surface area contributed by atoms with E-state index in [0.29, 0.717) is 12.5 Å². The Morgan fingerprint density at radius 3 is 1.21 bits per heavy atom. The van der Waals surface area contributed by atoms with E-state index < -0.39 is 41.5 Å². The zero-order chi connectivity index (χ0) is 14.8. The van der Waals surface area contributed by atoms with Crippen molar-refractivity contribution in [2.24, 2.45) is 11.8 Å². The third kappa shape index (κ3) is 2.27. The Morgan fingerprint density at radius 1 is 0.737 bits per heavy atom. The molecule has 0 fully saturated rings. The Balaban J connectivity index is 3.38. The van der Waals surface area contributed by atoms with Gasteiger partial charge in [0, 0.05) is 0 Å². The summed E-state index contributed by atoms with van der Waals surface area (Å²) in [5, 5.41) is 35.3. The highest BCUT2D eigenvalue weighted by Gasteiger charge is 2.64. The summed E-state index contributed by atoms with van der Waals surface area (Å²) in [5.41, 5.74) is 0. The van der Waals surface area contributed by atoms with Crippen molar-refractivity contribution in [3.8, 4) is 0 Å². The lowest BCUT2D eigenvalue weighted by Gasteiger charge is -2.33. The van der Waals surface area contributed by atoms with Gasteiger partial charge in [-0.15, -0.1) is 0 Å². The number of rotatable bonds is 6. The van der Waals surface area contributed by atoms with Gasteiger partial charge in [0.1, 0.15) is 12.5 Å². The maximum atomic E-state index is 10.9. The van der Waals surface area contributed by atoms with E-state index in [1.807, 2.05) is 0 Å². The third-order valence-electron chi connectivity index (χ3n) is 2.35. The molecule has 0 saturated carbocycles. The molecule has 104 valence electrons.